The molecule has 0 aliphatic heterocycles. The molecular weight excluding hydrogens is 410 g/mol. The Hall–Kier alpha value is -4.53. The zero-order valence-corrected chi connectivity index (χ0v) is 17.4. The van der Waals surface area contributed by atoms with E-state index < -0.39 is 4.92 Å². The van der Waals surface area contributed by atoms with Gasteiger partial charge in [0.1, 0.15) is 5.75 Å². The van der Waals surface area contributed by atoms with Crippen LogP contribution in [-0.4, -0.2) is 32.5 Å². The molecule has 2 aromatic carbocycles. The van der Waals surface area contributed by atoms with Crippen LogP contribution in [0.1, 0.15) is 12.5 Å². The number of H-pyrrole nitrogens is 1. The number of hydrogen-bond donors (Lipinski definition) is 1. The lowest BCUT2D eigenvalue weighted by molar-refractivity contribution is -0.384. The summed E-state index contributed by atoms with van der Waals surface area (Å²) in [7, 11) is 1.58. The minimum atomic E-state index is -0.486. The minimum absolute atomic E-state index is 0.0572. The lowest BCUT2D eigenvalue weighted by atomic mass is 10.0. The van der Waals surface area contributed by atoms with Gasteiger partial charge in [0.15, 0.2) is 0 Å². The molecule has 2 aromatic heterocycles. The second-order valence-electron chi connectivity index (χ2n) is 6.91. The van der Waals surface area contributed by atoms with E-state index in [0.29, 0.717) is 34.1 Å². The third kappa shape index (κ3) is 4.04. The molecule has 0 amide bonds. The number of hydrogen-bond acceptors (Lipinski definition) is 6. The van der Waals surface area contributed by atoms with Crippen LogP contribution < -0.4 is 10.3 Å². The van der Waals surface area contributed by atoms with Crippen LogP contribution in [0, 0.1) is 10.1 Å². The number of nitro groups is 1. The predicted octanol–water partition coefficient (Wildman–Crippen LogP) is 4.29. The normalized spacial score (nSPS) is 11.4. The Balaban J connectivity index is 1.88. The molecule has 0 spiro atoms. The molecule has 0 aliphatic rings. The SMILES string of the molecule is COc1ccc(-c2[nH]n(-c3ccc([N+](=O)[O-])cc3)c(=O)c2C(C)=Nc2cccnc2)cc1. The molecule has 0 bridgehead atoms. The lowest BCUT2D eigenvalue weighted by Crippen LogP contribution is -2.19. The van der Waals surface area contributed by atoms with Crippen LogP contribution in [0.15, 0.2) is 82.8 Å². The molecule has 0 unspecified atom stereocenters. The van der Waals surface area contributed by atoms with E-state index in [0.717, 1.165) is 5.56 Å². The number of benzene rings is 2. The van der Waals surface area contributed by atoms with Crippen molar-refractivity contribution in [1.29, 1.82) is 0 Å². The van der Waals surface area contributed by atoms with Gasteiger partial charge in [-0.1, -0.05) is 0 Å². The number of ether oxygens (including phenoxy) is 1. The average molecular weight is 429 g/mol. The quantitative estimate of drug-likeness (QED) is 0.279. The van der Waals surface area contributed by atoms with Gasteiger partial charge < -0.3 is 4.74 Å². The summed E-state index contributed by atoms with van der Waals surface area (Å²) in [5.41, 5.74) is 2.93. The van der Waals surface area contributed by atoms with Gasteiger partial charge in [-0.15, -0.1) is 0 Å². The second kappa shape index (κ2) is 8.68. The van der Waals surface area contributed by atoms with Crippen LogP contribution in [-0.2, 0) is 0 Å². The van der Waals surface area contributed by atoms with E-state index in [9.17, 15) is 14.9 Å². The van der Waals surface area contributed by atoms with Gasteiger partial charge >= 0.3 is 0 Å². The highest BCUT2D eigenvalue weighted by molar-refractivity contribution is 6.04. The Labute approximate surface area is 182 Å². The Kier molecular flexibility index (Phi) is 5.63. The van der Waals surface area contributed by atoms with Crippen molar-refractivity contribution < 1.29 is 9.66 Å². The first-order chi connectivity index (χ1) is 15.5. The summed E-state index contributed by atoms with van der Waals surface area (Å²) in [5, 5.41) is 14.1. The molecule has 160 valence electrons. The molecule has 1 N–H and O–H groups in total. The predicted molar refractivity (Wildman–Crippen MR) is 121 cm³/mol. The molecule has 4 aromatic rings. The first-order valence-corrected chi connectivity index (χ1v) is 9.68. The largest absolute Gasteiger partial charge is 0.497 e. The van der Waals surface area contributed by atoms with Gasteiger partial charge in [-0.3, -0.25) is 30.0 Å². The lowest BCUT2D eigenvalue weighted by Gasteiger charge is -2.05. The van der Waals surface area contributed by atoms with Crippen LogP contribution in [0.2, 0.25) is 0 Å². The number of nitrogens with one attached hydrogen (secondary N) is 1. The number of aliphatic imine (C=N–C) groups is 1. The smallest absolute Gasteiger partial charge is 0.280 e. The minimum Gasteiger partial charge on any atom is -0.497 e. The van der Waals surface area contributed by atoms with Crippen LogP contribution in [0.25, 0.3) is 16.9 Å². The number of nitrogens with zero attached hydrogens (tertiary/aromatic N) is 4. The number of aromatic nitrogens is 3. The summed E-state index contributed by atoms with van der Waals surface area (Å²) in [6.07, 6.45) is 3.26. The summed E-state index contributed by atoms with van der Waals surface area (Å²) in [6, 6.07) is 16.6. The Morgan fingerprint density at radius 3 is 2.44 bits per heavy atom. The molecule has 0 radical (unpaired) electrons. The number of rotatable bonds is 6. The van der Waals surface area contributed by atoms with Gasteiger partial charge in [0.2, 0.25) is 0 Å². The van der Waals surface area contributed by atoms with Crippen molar-refractivity contribution in [3.63, 3.8) is 0 Å². The molecule has 9 nitrogen and oxygen atoms in total. The molecule has 32 heavy (non-hydrogen) atoms. The average Bonchev–Trinajstić information content (AvgIpc) is 3.17. The maximum absolute atomic E-state index is 13.4. The number of aromatic amines is 1. The molecule has 0 aliphatic carbocycles. The summed E-state index contributed by atoms with van der Waals surface area (Å²) in [6.45, 7) is 1.75. The zero-order chi connectivity index (χ0) is 22.7. The van der Waals surface area contributed by atoms with E-state index in [4.69, 9.17) is 4.74 Å². The van der Waals surface area contributed by atoms with Gasteiger partial charge in [-0.25, -0.2) is 4.68 Å². The second-order valence-corrected chi connectivity index (χ2v) is 6.91. The summed E-state index contributed by atoms with van der Waals surface area (Å²) < 4.78 is 6.58. The fourth-order valence-corrected chi connectivity index (χ4v) is 3.31. The van der Waals surface area contributed by atoms with Gasteiger partial charge in [-0.2, -0.15) is 0 Å². The monoisotopic (exact) mass is 429 g/mol. The maximum atomic E-state index is 13.4. The first kappa shape index (κ1) is 20.7. The summed E-state index contributed by atoms with van der Waals surface area (Å²) in [4.78, 5) is 32.5. The van der Waals surface area contributed by atoms with Crippen molar-refractivity contribution in [3.05, 3.63) is 99.1 Å². The van der Waals surface area contributed by atoms with Crippen LogP contribution in [0.3, 0.4) is 0 Å². The van der Waals surface area contributed by atoms with Crippen molar-refractivity contribution in [2.75, 3.05) is 7.11 Å². The van der Waals surface area contributed by atoms with E-state index in [-0.39, 0.29) is 11.2 Å². The van der Waals surface area contributed by atoms with E-state index in [2.05, 4.69) is 15.1 Å². The Morgan fingerprint density at radius 1 is 1.12 bits per heavy atom. The molecular formula is C23H19N5O4. The Bertz CT molecular complexity index is 1340. The summed E-state index contributed by atoms with van der Waals surface area (Å²) >= 11 is 0. The number of methoxy groups -OCH3 is 1. The van der Waals surface area contributed by atoms with Gasteiger partial charge in [0, 0.05) is 23.9 Å². The van der Waals surface area contributed by atoms with Crippen molar-refractivity contribution in [1.82, 2.24) is 14.8 Å². The molecule has 2 heterocycles. The standard InChI is InChI=1S/C23H19N5O4/c1-15(25-17-4-3-13-24-14-17)21-22(16-5-11-20(32-2)12-6-16)26-27(23(21)29)18-7-9-19(10-8-18)28(30)31/h3-14,26H,1-2H3. The van der Waals surface area contributed by atoms with Crippen molar-refractivity contribution in [2.45, 2.75) is 6.92 Å². The molecule has 4 rings (SSSR count). The molecule has 9 heteroatoms. The fraction of sp³-hybridized carbons (Fsp3) is 0.0870. The third-order valence-corrected chi connectivity index (χ3v) is 4.89. The molecule has 0 saturated carbocycles. The van der Waals surface area contributed by atoms with Crippen LogP contribution in [0.4, 0.5) is 11.4 Å². The van der Waals surface area contributed by atoms with E-state index in [1.165, 1.54) is 28.9 Å². The highest BCUT2D eigenvalue weighted by Crippen LogP contribution is 2.25. The van der Waals surface area contributed by atoms with Crippen LogP contribution in [0.5, 0.6) is 5.75 Å². The molecule has 0 atom stereocenters. The Morgan fingerprint density at radius 2 is 1.84 bits per heavy atom. The maximum Gasteiger partial charge on any atom is 0.280 e. The van der Waals surface area contributed by atoms with Crippen LogP contribution >= 0.6 is 0 Å². The van der Waals surface area contributed by atoms with E-state index in [1.54, 1.807) is 50.7 Å². The van der Waals surface area contributed by atoms with Gasteiger partial charge in [-0.05, 0) is 55.5 Å². The first-order valence-electron chi connectivity index (χ1n) is 9.68. The van der Waals surface area contributed by atoms with Gasteiger partial charge in [0.05, 0.1) is 46.6 Å². The highest BCUT2D eigenvalue weighted by atomic mass is 16.6. The zero-order valence-electron chi connectivity index (χ0n) is 17.4. The van der Waals surface area contributed by atoms with Gasteiger partial charge in [0.25, 0.3) is 11.2 Å². The van der Waals surface area contributed by atoms with E-state index in [1.807, 2.05) is 12.1 Å². The summed E-state index contributed by atoms with van der Waals surface area (Å²) in [5.74, 6) is 0.688. The van der Waals surface area contributed by atoms with Crippen molar-refractivity contribution >= 4 is 17.1 Å². The van der Waals surface area contributed by atoms with Crippen molar-refractivity contribution in [2.24, 2.45) is 4.99 Å². The number of non-ortho nitro benzene ring substituents is 1. The molecule has 0 fully saturated rings. The third-order valence-electron chi connectivity index (χ3n) is 4.89. The fourth-order valence-electron chi connectivity index (χ4n) is 3.31. The number of pyridine rings is 1. The van der Waals surface area contributed by atoms with E-state index >= 15 is 0 Å². The highest BCUT2D eigenvalue weighted by Gasteiger charge is 2.20. The number of nitro benzene ring substituents is 1. The van der Waals surface area contributed by atoms with Crippen molar-refractivity contribution in [3.8, 4) is 22.7 Å². The molecule has 0 saturated heterocycles. The topological polar surface area (TPSA) is 115 Å².